The monoisotopic (exact) mass is 325 g/mol. The van der Waals surface area contributed by atoms with E-state index in [1.54, 1.807) is 28.9 Å². The summed E-state index contributed by atoms with van der Waals surface area (Å²) in [5.41, 5.74) is 2.09. The van der Waals surface area contributed by atoms with Crippen molar-refractivity contribution in [2.24, 2.45) is 0 Å². The lowest BCUT2D eigenvalue weighted by molar-refractivity contribution is -0.120. The Balaban J connectivity index is 1.57. The van der Waals surface area contributed by atoms with E-state index in [-0.39, 0.29) is 11.7 Å². The van der Waals surface area contributed by atoms with Gasteiger partial charge < -0.3 is 19.6 Å². The Bertz CT molecular complexity index is 840. The van der Waals surface area contributed by atoms with Crippen molar-refractivity contribution in [3.63, 3.8) is 0 Å². The van der Waals surface area contributed by atoms with Gasteiger partial charge in [0.05, 0.1) is 25.3 Å². The van der Waals surface area contributed by atoms with Crippen molar-refractivity contribution >= 4 is 11.6 Å². The molecule has 0 atom stereocenters. The summed E-state index contributed by atoms with van der Waals surface area (Å²) in [5, 5.41) is 12.6. The van der Waals surface area contributed by atoms with Crippen molar-refractivity contribution in [1.29, 1.82) is 0 Å². The summed E-state index contributed by atoms with van der Waals surface area (Å²) in [5.74, 6) is 0.830. The molecule has 1 amide bonds. The van der Waals surface area contributed by atoms with Gasteiger partial charge in [0.25, 0.3) is 0 Å². The summed E-state index contributed by atoms with van der Waals surface area (Å²) in [6.07, 6.45) is 3.88. The first-order chi connectivity index (χ1) is 11.7. The van der Waals surface area contributed by atoms with Crippen LogP contribution >= 0.6 is 0 Å². The number of hydrogen-bond donors (Lipinski definition) is 2. The molecule has 124 valence electrons. The highest BCUT2D eigenvalue weighted by atomic mass is 16.5. The van der Waals surface area contributed by atoms with Crippen molar-refractivity contribution in [3.8, 4) is 11.5 Å². The molecule has 1 aromatic carbocycles. The number of aromatic hydroxyl groups is 1. The summed E-state index contributed by atoms with van der Waals surface area (Å²) < 4.78 is 7.10. The molecule has 0 aliphatic rings. The standard InChI is InChI=1S/C18H19N3O3/c1-2-24-15-7-5-13(6-8-15)10-17(23)19-11-14-12-21-9-3-4-16(22)18(21)20-14/h3-9,12,22H,2,10-11H2,1H3,(H,19,23). The zero-order valence-corrected chi connectivity index (χ0v) is 13.4. The number of carbonyl (C=O) groups is 1. The summed E-state index contributed by atoms with van der Waals surface area (Å²) in [4.78, 5) is 16.4. The Labute approximate surface area is 139 Å². The van der Waals surface area contributed by atoms with Crippen LogP contribution in [0.5, 0.6) is 11.5 Å². The van der Waals surface area contributed by atoms with Crippen LogP contribution in [-0.2, 0) is 17.8 Å². The summed E-state index contributed by atoms with van der Waals surface area (Å²) in [7, 11) is 0. The minimum absolute atomic E-state index is 0.0829. The van der Waals surface area contributed by atoms with E-state index in [0.29, 0.717) is 30.9 Å². The first kappa shape index (κ1) is 15.9. The molecule has 6 nitrogen and oxygen atoms in total. The molecule has 2 heterocycles. The molecule has 0 bridgehead atoms. The van der Waals surface area contributed by atoms with Crippen LogP contribution in [0.15, 0.2) is 48.8 Å². The maximum Gasteiger partial charge on any atom is 0.224 e. The molecule has 24 heavy (non-hydrogen) atoms. The molecule has 2 aromatic heterocycles. The van der Waals surface area contributed by atoms with Crippen molar-refractivity contribution < 1.29 is 14.6 Å². The number of aromatic nitrogens is 2. The Kier molecular flexibility index (Phi) is 4.65. The number of amides is 1. The van der Waals surface area contributed by atoms with Gasteiger partial charge in [0.2, 0.25) is 5.91 Å². The van der Waals surface area contributed by atoms with Gasteiger partial charge in [0.1, 0.15) is 5.75 Å². The van der Waals surface area contributed by atoms with E-state index in [4.69, 9.17) is 4.74 Å². The maximum atomic E-state index is 12.1. The third-order valence-corrected chi connectivity index (χ3v) is 3.58. The normalized spacial score (nSPS) is 10.7. The first-order valence-corrected chi connectivity index (χ1v) is 7.79. The van der Waals surface area contributed by atoms with Crippen LogP contribution in [0.25, 0.3) is 5.65 Å². The Morgan fingerprint density at radius 2 is 2.08 bits per heavy atom. The second-order valence-electron chi connectivity index (χ2n) is 5.39. The van der Waals surface area contributed by atoms with Gasteiger partial charge in [-0.05, 0) is 36.8 Å². The van der Waals surface area contributed by atoms with Crippen LogP contribution < -0.4 is 10.1 Å². The number of pyridine rings is 1. The van der Waals surface area contributed by atoms with E-state index in [2.05, 4.69) is 10.3 Å². The lowest BCUT2D eigenvalue weighted by Crippen LogP contribution is -2.24. The van der Waals surface area contributed by atoms with Crippen LogP contribution in [0, 0.1) is 0 Å². The average Bonchev–Trinajstić information content (AvgIpc) is 3.00. The van der Waals surface area contributed by atoms with Gasteiger partial charge in [-0.25, -0.2) is 4.98 Å². The van der Waals surface area contributed by atoms with Gasteiger partial charge in [0, 0.05) is 12.4 Å². The van der Waals surface area contributed by atoms with Gasteiger partial charge in [-0.3, -0.25) is 4.79 Å². The van der Waals surface area contributed by atoms with E-state index in [1.165, 1.54) is 0 Å². The molecule has 0 aliphatic carbocycles. The van der Waals surface area contributed by atoms with Gasteiger partial charge in [-0.2, -0.15) is 0 Å². The minimum Gasteiger partial charge on any atom is -0.504 e. The van der Waals surface area contributed by atoms with E-state index < -0.39 is 0 Å². The zero-order valence-electron chi connectivity index (χ0n) is 13.4. The highest BCUT2D eigenvalue weighted by Gasteiger charge is 2.08. The molecule has 0 aliphatic heterocycles. The lowest BCUT2D eigenvalue weighted by atomic mass is 10.1. The smallest absolute Gasteiger partial charge is 0.224 e. The highest BCUT2D eigenvalue weighted by molar-refractivity contribution is 5.78. The third-order valence-electron chi connectivity index (χ3n) is 3.58. The summed E-state index contributed by atoms with van der Waals surface area (Å²) in [6, 6.07) is 10.8. The van der Waals surface area contributed by atoms with Crippen LogP contribution in [-0.4, -0.2) is 27.0 Å². The Morgan fingerprint density at radius 3 is 2.79 bits per heavy atom. The van der Waals surface area contributed by atoms with Gasteiger partial charge in [-0.1, -0.05) is 12.1 Å². The van der Waals surface area contributed by atoms with Crippen LogP contribution in [0.2, 0.25) is 0 Å². The molecule has 2 N–H and O–H groups in total. The molecule has 0 saturated carbocycles. The predicted molar refractivity (Wildman–Crippen MR) is 90.0 cm³/mol. The van der Waals surface area contributed by atoms with Gasteiger partial charge in [-0.15, -0.1) is 0 Å². The second-order valence-corrected chi connectivity index (χ2v) is 5.39. The van der Waals surface area contributed by atoms with E-state index in [9.17, 15) is 9.90 Å². The largest absolute Gasteiger partial charge is 0.504 e. The zero-order chi connectivity index (χ0) is 16.9. The molecular formula is C18H19N3O3. The van der Waals surface area contributed by atoms with Crippen LogP contribution in [0.1, 0.15) is 18.2 Å². The Hall–Kier alpha value is -3.02. The molecule has 0 radical (unpaired) electrons. The number of ether oxygens (including phenoxy) is 1. The van der Waals surface area contributed by atoms with Crippen molar-refractivity contribution in [1.82, 2.24) is 14.7 Å². The molecule has 3 rings (SSSR count). The van der Waals surface area contributed by atoms with Crippen LogP contribution in [0.4, 0.5) is 0 Å². The number of nitrogens with one attached hydrogen (secondary N) is 1. The molecule has 3 aromatic rings. The van der Waals surface area contributed by atoms with Crippen molar-refractivity contribution in [2.45, 2.75) is 19.9 Å². The molecule has 0 unspecified atom stereocenters. The molecule has 0 saturated heterocycles. The minimum atomic E-state index is -0.0829. The van der Waals surface area contributed by atoms with Crippen LogP contribution in [0.3, 0.4) is 0 Å². The fourth-order valence-electron chi connectivity index (χ4n) is 2.44. The predicted octanol–water partition coefficient (Wildman–Crippen LogP) is 2.30. The maximum absolute atomic E-state index is 12.1. The number of nitrogens with zero attached hydrogens (tertiary/aromatic N) is 2. The molecule has 6 heteroatoms. The third kappa shape index (κ3) is 3.65. The number of rotatable bonds is 6. The molecule has 0 spiro atoms. The fraction of sp³-hybridized carbons (Fsp3) is 0.222. The van der Waals surface area contributed by atoms with Gasteiger partial charge >= 0.3 is 0 Å². The fourth-order valence-corrected chi connectivity index (χ4v) is 2.44. The van der Waals surface area contributed by atoms with E-state index >= 15 is 0 Å². The number of carbonyl (C=O) groups excluding carboxylic acids is 1. The summed E-state index contributed by atoms with van der Waals surface area (Å²) in [6.45, 7) is 2.87. The highest BCUT2D eigenvalue weighted by Crippen LogP contribution is 2.16. The quantitative estimate of drug-likeness (QED) is 0.729. The molecule has 0 fully saturated rings. The van der Waals surface area contributed by atoms with E-state index in [1.807, 2.05) is 31.2 Å². The van der Waals surface area contributed by atoms with Crippen molar-refractivity contribution in [2.75, 3.05) is 6.61 Å². The topological polar surface area (TPSA) is 75.9 Å². The SMILES string of the molecule is CCOc1ccc(CC(=O)NCc2cn3cccc(O)c3n2)cc1. The van der Waals surface area contributed by atoms with Gasteiger partial charge in [0.15, 0.2) is 11.4 Å². The average molecular weight is 325 g/mol. The summed E-state index contributed by atoms with van der Waals surface area (Å²) >= 11 is 0. The lowest BCUT2D eigenvalue weighted by Gasteiger charge is -2.05. The molecular weight excluding hydrogens is 306 g/mol. The first-order valence-electron chi connectivity index (χ1n) is 7.79. The number of imidazole rings is 1. The number of fused-ring (bicyclic) bond motifs is 1. The van der Waals surface area contributed by atoms with E-state index in [0.717, 1.165) is 11.3 Å². The number of benzene rings is 1. The Morgan fingerprint density at radius 1 is 1.29 bits per heavy atom. The second kappa shape index (κ2) is 7.04. The van der Waals surface area contributed by atoms with Crippen molar-refractivity contribution in [3.05, 3.63) is 60.0 Å². The number of hydrogen-bond acceptors (Lipinski definition) is 4.